The fourth-order valence-electron chi connectivity index (χ4n) is 1.68. The smallest absolute Gasteiger partial charge is 0.354 e. The standard InChI is InChI=1S/C10H11N3O5S2/c1-4-3-6(7(11-4)8(14)15)13-20(17,18)9-5(2)12-10(16)19-9/h3,11,13H,1-2H3,(H,12,16)(H,14,15). The Hall–Kier alpha value is -2.07. The zero-order valence-corrected chi connectivity index (χ0v) is 12.1. The molecule has 4 N–H and O–H groups in total. The number of aromatic carboxylic acids is 1. The van der Waals surface area contributed by atoms with Crippen LogP contribution in [0, 0.1) is 13.8 Å². The predicted octanol–water partition coefficient (Wildman–Crippen LogP) is 0.880. The number of carbonyl (C=O) groups is 1. The maximum Gasteiger partial charge on any atom is 0.354 e. The van der Waals surface area contributed by atoms with Gasteiger partial charge >= 0.3 is 10.8 Å². The maximum atomic E-state index is 12.2. The van der Waals surface area contributed by atoms with Gasteiger partial charge in [0.15, 0.2) is 4.21 Å². The topological polar surface area (TPSA) is 132 Å². The van der Waals surface area contributed by atoms with Crippen LogP contribution in [0.1, 0.15) is 21.9 Å². The van der Waals surface area contributed by atoms with Gasteiger partial charge in [-0.05, 0) is 19.9 Å². The molecule has 0 aliphatic rings. The summed E-state index contributed by atoms with van der Waals surface area (Å²) in [5.41, 5.74) is 0.373. The van der Waals surface area contributed by atoms with Gasteiger partial charge in [-0.3, -0.25) is 9.52 Å². The highest BCUT2D eigenvalue weighted by molar-refractivity contribution is 7.94. The first-order chi connectivity index (χ1) is 9.20. The zero-order valence-electron chi connectivity index (χ0n) is 10.5. The molecule has 20 heavy (non-hydrogen) atoms. The minimum absolute atomic E-state index is 0.0738. The summed E-state index contributed by atoms with van der Waals surface area (Å²) < 4.78 is 26.3. The summed E-state index contributed by atoms with van der Waals surface area (Å²) in [6, 6.07) is 1.37. The largest absolute Gasteiger partial charge is 0.477 e. The van der Waals surface area contributed by atoms with Crippen LogP contribution in [0.2, 0.25) is 0 Å². The lowest BCUT2D eigenvalue weighted by Gasteiger charge is -2.05. The summed E-state index contributed by atoms with van der Waals surface area (Å²) in [5.74, 6) is -1.28. The molecule has 10 heteroatoms. The molecule has 108 valence electrons. The minimum atomic E-state index is -4.01. The van der Waals surface area contributed by atoms with Gasteiger partial charge in [0, 0.05) is 11.4 Å². The molecule has 0 fully saturated rings. The van der Waals surface area contributed by atoms with Gasteiger partial charge in [-0.25, -0.2) is 13.2 Å². The molecule has 0 saturated heterocycles. The number of rotatable bonds is 4. The van der Waals surface area contributed by atoms with E-state index in [1.54, 1.807) is 6.92 Å². The highest BCUT2D eigenvalue weighted by Gasteiger charge is 2.24. The van der Waals surface area contributed by atoms with E-state index in [0.717, 1.165) is 0 Å². The summed E-state index contributed by atoms with van der Waals surface area (Å²) in [4.78, 5) is 26.6. The van der Waals surface area contributed by atoms with E-state index in [0.29, 0.717) is 17.0 Å². The molecular weight excluding hydrogens is 306 g/mol. The van der Waals surface area contributed by atoms with Crippen molar-refractivity contribution in [3.63, 3.8) is 0 Å². The number of H-pyrrole nitrogens is 2. The van der Waals surface area contributed by atoms with Gasteiger partial charge in [0.1, 0.15) is 5.69 Å². The molecule has 2 aromatic rings. The Bertz CT molecular complexity index is 827. The molecule has 0 bridgehead atoms. The van der Waals surface area contributed by atoms with E-state index in [9.17, 15) is 18.0 Å². The third-order valence-electron chi connectivity index (χ3n) is 2.44. The number of anilines is 1. The number of aromatic nitrogens is 2. The van der Waals surface area contributed by atoms with Gasteiger partial charge in [-0.1, -0.05) is 11.3 Å². The van der Waals surface area contributed by atoms with Crippen LogP contribution in [0.15, 0.2) is 15.1 Å². The first-order valence-corrected chi connectivity index (χ1v) is 7.66. The number of sulfonamides is 1. The van der Waals surface area contributed by atoms with Crippen LogP contribution in [0.3, 0.4) is 0 Å². The van der Waals surface area contributed by atoms with Crippen LogP contribution in [0.5, 0.6) is 0 Å². The van der Waals surface area contributed by atoms with E-state index in [1.165, 1.54) is 13.0 Å². The van der Waals surface area contributed by atoms with Crippen molar-refractivity contribution in [3.05, 3.63) is 32.8 Å². The molecule has 0 aromatic carbocycles. The lowest BCUT2D eigenvalue weighted by Crippen LogP contribution is -2.14. The van der Waals surface area contributed by atoms with Gasteiger partial charge in [-0.2, -0.15) is 0 Å². The molecule has 8 nitrogen and oxygen atoms in total. The second kappa shape index (κ2) is 4.80. The van der Waals surface area contributed by atoms with Crippen molar-refractivity contribution in [2.45, 2.75) is 18.1 Å². The Labute approximate surface area is 117 Å². The van der Waals surface area contributed by atoms with Crippen molar-refractivity contribution in [3.8, 4) is 0 Å². The summed E-state index contributed by atoms with van der Waals surface area (Å²) >= 11 is 0.542. The molecule has 0 unspecified atom stereocenters. The molecule has 0 aliphatic carbocycles. The van der Waals surface area contributed by atoms with Gasteiger partial charge in [0.2, 0.25) is 0 Å². The van der Waals surface area contributed by atoms with Crippen LogP contribution in [-0.2, 0) is 10.0 Å². The number of aromatic amines is 2. The van der Waals surface area contributed by atoms with Crippen LogP contribution < -0.4 is 9.60 Å². The lowest BCUT2D eigenvalue weighted by molar-refractivity contribution is 0.0692. The average molecular weight is 317 g/mol. The van der Waals surface area contributed by atoms with Gasteiger partial charge in [0.25, 0.3) is 10.0 Å². The molecule has 0 atom stereocenters. The van der Waals surface area contributed by atoms with Gasteiger partial charge in [0.05, 0.1) is 5.69 Å². The van der Waals surface area contributed by atoms with Crippen molar-refractivity contribution in [2.75, 3.05) is 4.72 Å². The lowest BCUT2D eigenvalue weighted by atomic mass is 10.4. The Morgan fingerprint density at radius 3 is 2.50 bits per heavy atom. The third kappa shape index (κ3) is 2.60. The monoisotopic (exact) mass is 317 g/mol. The molecule has 0 radical (unpaired) electrons. The van der Waals surface area contributed by atoms with Gasteiger partial charge < -0.3 is 15.1 Å². The van der Waals surface area contributed by atoms with E-state index in [4.69, 9.17) is 5.11 Å². The number of hydrogen-bond donors (Lipinski definition) is 4. The molecule has 2 heterocycles. The molecule has 0 spiro atoms. The van der Waals surface area contributed by atoms with E-state index < -0.39 is 20.9 Å². The quantitative estimate of drug-likeness (QED) is 0.664. The van der Waals surface area contributed by atoms with Crippen molar-refractivity contribution < 1.29 is 18.3 Å². The van der Waals surface area contributed by atoms with Crippen LogP contribution in [0.4, 0.5) is 5.69 Å². The molecule has 0 saturated carbocycles. The number of hydrogen-bond acceptors (Lipinski definition) is 5. The van der Waals surface area contributed by atoms with Crippen LogP contribution >= 0.6 is 11.3 Å². The van der Waals surface area contributed by atoms with Crippen molar-refractivity contribution in [2.24, 2.45) is 0 Å². The fourth-order valence-corrected chi connectivity index (χ4v) is 4.04. The second-order valence-corrected chi connectivity index (χ2v) is 6.94. The predicted molar refractivity (Wildman–Crippen MR) is 73.0 cm³/mol. The highest BCUT2D eigenvalue weighted by atomic mass is 32.2. The molecule has 2 aromatic heterocycles. The Morgan fingerprint density at radius 1 is 1.35 bits per heavy atom. The third-order valence-corrected chi connectivity index (χ3v) is 5.41. The van der Waals surface area contributed by atoms with Crippen molar-refractivity contribution in [1.82, 2.24) is 9.97 Å². The number of nitrogens with one attached hydrogen (secondary N) is 3. The summed E-state index contributed by atoms with van der Waals surface area (Å²) in [6.07, 6.45) is 0. The van der Waals surface area contributed by atoms with E-state index in [2.05, 4.69) is 14.7 Å². The van der Waals surface area contributed by atoms with E-state index in [-0.39, 0.29) is 21.3 Å². The normalized spacial score (nSPS) is 11.5. The van der Waals surface area contributed by atoms with E-state index >= 15 is 0 Å². The Balaban J connectivity index is 2.46. The maximum absolute atomic E-state index is 12.2. The summed E-state index contributed by atoms with van der Waals surface area (Å²) in [5, 5.41) is 8.99. The summed E-state index contributed by atoms with van der Waals surface area (Å²) in [7, 11) is -4.01. The molecule has 0 amide bonds. The Kier molecular flexibility index (Phi) is 3.44. The van der Waals surface area contributed by atoms with Crippen molar-refractivity contribution >= 4 is 33.0 Å². The second-order valence-electron chi connectivity index (χ2n) is 4.08. The fraction of sp³-hybridized carbons (Fsp3) is 0.200. The van der Waals surface area contributed by atoms with Crippen LogP contribution in [0.25, 0.3) is 0 Å². The van der Waals surface area contributed by atoms with Crippen molar-refractivity contribution in [1.29, 1.82) is 0 Å². The minimum Gasteiger partial charge on any atom is -0.477 e. The summed E-state index contributed by atoms with van der Waals surface area (Å²) in [6.45, 7) is 3.05. The number of carboxylic acid groups (broad SMARTS) is 1. The number of aryl methyl sites for hydroxylation is 2. The zero-order chi connectivity index (χ0) is 15.1. The highest BCUT2D eigenvalue weighted by Crippen LogP contribution is 2.23. The number of thiazole rings is 1. The first-order valence-electron chi connectivity index (χ1n) is 5.36. The van der Waals surface area contributed by atoms with E-state index in [1.807, 2.05) is 0 Å². The molecular formula is C10H11N3O5S2. The van der Waals surface area contributed by atoms with Gasteiger partial charge in [-0.15, -0.1) is 0 Å². The SMILES string of the molecule is Cc1cc(NS(=O)(=O)c2sc(=O)[nH]c2C)c(C(=O)O)[nH]1. The van der Waals surface area contributed by atoms with Crippen LogP contribution in [-0.4, -0.2) is 29.5 Å². The number of carboxylic acids is 1. The first kappa shape index (κ1) is 14.3. The molecule has 2 rings (SSSR count). The Morgan fingerprint density at radius 2 is 2.00 bits per heavy atom. The average Bonchev–Trinajstić information content (AvgIpc) is 2.81. The molecule has 0 aliphatic heterocycles.